The zero-order valence-electron chi connectivity index (χ0n) is 9.62. The first-order chi connectivity index (χ1) is 7.83. The Bertz CT molecular complexity index is 341. The Balaban J connectivity index is 2.19. The number of pyridine rings is 1. The van der Waals surface area contributed by atoms with Crippen molar-refractivity contribution in [3.05, 3.63) is 24.1 Å². The predicted octanol–water partition coefficient (Wildman–Crippen LogP) is 1.80. The van der Waals surface area contributed by atoms with Crippen molar-refractivity contribution in [2.24, 2.45) is 0 Å². The molecule has 0 bridgehead atoms. The maximum absolute atomic E-state index is 13.7. The number of rotatable bonds is 3. The van der Waals surface area contributed by atoms with E-state index < -0.39 is 0 Å². The number of nitrogens with zero attached hydrogens (tertiary/aromatic N) is 2. The van der Waals surface area contributed by atoms with Crippen LogP contribution in [0.15, 0.2) is 18.3 Å². The van der Waals surface area contributed by atoms with Crippen molar-refractivity contribution in [2.75, 3.05) is 25.0 Å². The lowest BCUT2D eigenvalue weighted by Crippen LogP contribution is -2.45. The van der Waals surface area contributed by atoms with Gasteiger partial charge in [0, 0.05) is 25.3 Å². The molecule has 1 unspecified atom stereocenters. The summed E-state index contributed by atoms with van der Waals surface area (Å²) >= 11 is 0. The minimum atomic E-state index is -0.217. The molecule has 16 heavy (non-hydrogen) atoms. The van der Waals surface area contributed by atoms with Gasteiger partial charge in [-0.15, -0.1) is 0 Å². The van der Waals surface area contributed by atoms with Gasteiger partial charge in [0.1, 0.15) is 0 Å². The minimum absolute atomic E-state index is 0.217. The molecule has 1 saturated heterocycles. The van der Waals surface area contributed by atoms with Crippen LogP contribution in [0.5, 0.6) is 0 Å². The van der Waals surface area contributed by atoms with E-state index in [2.05, 4.69) is 15.2 Å². The van der Waals surface area contributed by atoms with Crippen molar-refractivity contribution < 1.29 is 4.39 Å². The molecule has 2 heterocycles. The second kappa shape index (κ2) is 5.25. The van der Waals surface area contributed by atoms with Crippen LogP contribution in [0.4, 0.5) is 10.2 Å². The van der Waals surface area contributed by atoms with E-state index >= 15 is 0 Å². The summed E-state index contributed by atoms with van der Waals surface area (Å²) in [4.78, 5) is 6.25. The quantitative estimate of drug-likeness (QED) is 0.847. The van der Waals surface area contributed by atoms with E-state index in [1.54, 1.807) is 12.3 Å². The van der Waals surface area contributed by atoms with Crippen molar-refractivity contribution in [1.29, 1.82) is 0 Å². The largest absolute Gasteiger partial charge is 0.350 e. The third-order valence-electron chi connectivity index (χ3n) is 3.08. The average molecular weight is 223 g/mol. The maximum Gasteiger partial charge on any atom is 0.165 e. The van der Waals surface area contributed by atoms with Crippen LogP contribution in [0.25, 0.3) is 0 Å². The third-order valence-corrected chi connectivity index (χ3v) is 3.08. The summed E-state index contributed by atoms with van der Waals surface area (Å²) in [5.74, 6) is 0.285. The van der Waals surface area contributed by atoms with Gasteiger partial charge in [0.2, 0.25) is 0 Å². The smallest absolute Gasteiger partial charge is 0.165 e. The number of hydrogen-bond acceptors (Lipinski definition) is 3. The van der Waals surface area contributed by atoms with E-state index in [1.165, 1.54) is 12.5 Å². The van der Waals surface area contributed by atoms with Gasteiger partial charge < -0.3 is 10.2 Å². The maximum atomic E-state index is 13.7. The molecule has 0 amide bonds. The first-order valence-electron chi connectivity index (χ1n) is 5.84. The van der Waals surface area contributed by atoms with Crippen molar-refractivity contribution in [3.8, 4) is 0 Å². The number of halogens is 1. The first-order valence-corrected chi connectivity index (χ1v) is 5.84. The van der Waals surface area contributed by atoms with Crippen LogP contribution >= 0.6 is 0 Å². The molecule has 1 atom stereocenters. The van der Waals surface area contributed by atoms with Crippen LogP contribution in [0.3, 0.4) is 0 Å². The fourth-order valence-electron chi connectivity index (χ4n) is 2.32. The summed E-state index contributed by atoms with van der Waals surface area (Å²) < 4.78 is 13.7. The average Bonchev–Trinajstić information content (AvgIpc) is 2.31. The number of anilines is 1. The minimum Gasteiger partial charge on any atom is -0.350 e. The highest BCUT2D eigenvalue weighted by Gasteiger charge is 2.24. The normalized spacial score (nSPS) is 21.1. The summed E-state index contributed by atoms with van der Waals surface area (Å²) in [5.41, 5.74) is 0. The van der Waals surface area contributed by atoms with Gasteiger partial charge in [-0.05, 0) is 38.4 Å². The van der Waals surface area contributed by atoms with E-state index in [1.807, 2.05) is 7.05 Å². The predicted molar refractivity (Wildman–Crippen MR) is 63.1 cm³/mol. The summed E-state index contributed by atoms with van der Waals surface area (Å²) in [6.07, 6.45) is 5.10. The number of piperidine rings is 1. The van der Waals surface area contributed by atoms with Crippen LogP contribution < -0.4 is 10.2 Å². The lowest BCUT2D eigenvalue weighted by Gasteiger charge is -2.36. The molecule has 88 valence electrons. The molecule has 0 spiro atoms. The van der Waals surface area contributed by atoms with E-state index in [0.29, 0.717) is 11.9 Å². The Morgan fingerprint density at radius 3 is 3.19 bits per heavy atom. The molecule has 0 saturated carbocycles. The van der Waals surface area contributed by atoms with E-state index in [9.17, 15) is 4.39 Å². The topological polar surface area (TPSA) is 28.2 Å². The highest BCUT2D eigenvalue weighted by atomic mass is 19.1. The number of hydrogen-bond donors (Lipinski definition) is 1. The monoisotopic (exact) mass is 223 g/mol. The van der Waals surface area contributed by atoms with Gasteiger partial charge in [0.15, 0.2) is 11.6 Å². The molecule has 4 heteroatoms. The Morgan fingerprint density at radius 1 is 1.56 bits per heavy atom. The SMILES string of the molecule is CNCC1CCCCN1c1ncccc1F. The Morgan fingerprint density at radius 2 is 2.44 bits per heavy atom. The van der Waals surface area contributed by atoms with Gasteiger partial charge in [-0.3, -0.25) is 0 Å². The van der Waals surface area contributed by atoms with Crippen molar-refractivity contribution in [1.82, 2.24) is 10.3 Å². The second-order valence-corrected chi connectivity index (χ2v) is 4.21. The lowest BCUT2D eigenvalue weighted by molar-refractivity contribution is 0.436. The summed E-state index contributed by atoms with van der Waals surface area (Å²) in [6.45, 7) is 1.79. The van der Waals surface area contributed by atoms with Gasteiger partial charge in [0.25, 0.3) is 0 Å². The van der Waals surface area contributed by atoms with Crippen LogP contribution in [-0.4, -0.2) is 31.2 Å². The molecule has 1 aliphatic rings. The van der Waals surface area contributed by atoms with Crippen LogP contribution in [0.1, 0.15) is 19.3 Å². The molecular weight excluding hydrogens is 205 g/mol. The standard InChI is InChI=1S/C12H18FN3/c1-14-9-10-5-2-3-8-16(10)12-11(13)6-4-7-15-12/h4,6-7,10,14H,2-3,5,8-9H2,1H3. The molecule has 0 aromatic carbocycles. The zero-order chi connectivity index (χ0) is 11.4. The molecular formula is C12H18FN3. The molecule has 1 fully saturated rings. The molecule has 3 nitrogen and oxygen atoms in total. The van der Waals surface area contributed by atoms with Gasteiger partial charge in [-0.2, -0.15) is 0 Å². The second-order valence-electron chi connectivity index (χ2n) is 4.21. The summed E-state index contributed by atoms with van der Waals surface area (Å²) in [6, 6.07) is 3.48. The van der Waals surface area contributed by atoms with Crippen molar-refractivity contribution >= 4 is 5.82 Å². The molecule has 1 aliphatic heterocycles. The number of nitrogens with one attached hydrogen (secondary N) is 1. The first kappa shape index (κ1) is 11.3. The Hall–Kier alpha value is -1.16. The van der Waals surface area contributed by atoms with Crippen LogP contribution in [-0.2, 0) is 0 Å². The highest BCUT2D eigenvalue weighted by Crippen LogP contribution is 2.24. The van der Waals surface area contributed by atoms with Crippen LogP contribution in [0, 0.1) is 5.82 Å². The zero-order valence-corrected chi connectivity index (χ0v) is 9.62. The van der Waals surface area contributed by atoms with Gasteiger partial charge in [-0.1, -0.05) is 0 Å². The van der Waals surface area contributed by atoms with E-state index in [-0.39, 0.29) is 5.82 Å². The summed E-state index contributed by atoms with van der Waals surface area (Å²) in [5, 5.41) is 3.16. The Kier molecular flexibility index (Phi) is 3.72. The van der Waals surface area contributed by atoms with Gasteiger partial charge in [0.05, 0.1) is 0 Å². The van der Waals surface area contributed by atoms with Crippen molar-refractivity contribution in [2.45, 2.75) is 25.3 Å². The van der Waals surface area contributed by atoms with Gasteiger partial charge in [-0.25, -0.2) is 9.37 Å². The van der Waals surface area contributed by atoms with Gasteiger partial charge >= 0.3 is 0 Å². The van der Waals surface area contributed by atoms with Crippen molar-refractivity contribution in [3.63, 3.8) is 0 Å². The highest BCUT2D eigenvalue weighted by molar-refractivity contribution is 5.41. The van der Waals surface area contributed by atoms with E-state index in [0.717, 1.165) is 25.9 Å². The fraction of sp³-hybridized carbons (Fsp3) is 0.583. The Labute approximate surface area is 95.7 Å². The molecule has 1 N–H and O–H groups in total. The molecule has 2 rings (SSSR count). The molecule has 0 aliphatic carbocycles. The number of likely N-dealkylation sites (N-methyl/N-ethyl adjacent to an activating group) is 1. The van der Waals surface area contributed by atoms with Crippen LogP contribution in [0.2, 0.25) is 0 Å². The number of aromatic nitrogens is 1. The fourth-order valence-corrected chi connectivity index (χ4v) is 2.32. The molecule has 1 aromatic rings. The van der Waals surface area contributed by atoms with E-state index in [4.69, 9.17) is 0 Å². The summed E-state index contributed by atoms with van der Waals surface area (Å²) in [7, 11) is 1.93. The third kappa shape index (κ3) is 2.32. The molecule has 0 radical (unpaired) electrons. The molecule has 1 aromatic heterocycles. The lowest BCUT2D eigenvalue weighted by atomic mass is 10.0.